The Bertz CT molecular complexity index is 296. The monoisotopic (exact) mass is 158 g/mol. The summed E-state index contributed by atoms with van der Waals surface area (Å²) in [5.41, 5.74) is 1.16. The van der Waals surface area contributed by atoms with Crippen LogP contribution in [0.3, 0.4) is 0 Å². The van der Waals surface area contributed by atoms with Crippen molar-refractivity contribution in [3.8, 4) is 18.9 Å². The lowest BCUT2D eigenvalue weighted by atomic mass is 9.95. The maximum absolute atomic E-state index is 5.28. The van der Waals surface area contributed by atoms with Crippen LogP contribution in [-0.2, 0) is 0 Å². The number of hydrogen-bond acceptors (Lipinski definition) is 0. The average Bonchev–Trinajstić information content (AvgIpc) is 2.17. The first-order valence-electron chi connectivity index (χ1n) is 4.02. The van der Waals surface area contributed by atoms with Gasteiger partial charge in [0.1, 0.15) is 0 Å². The summed E-state index contributed by atoms with van der Waals surface area (Å²) in [5.74, 6) is 2.94. The fraction of sp³-hybridized carbons (Fsp3) is 0.364. The molecule has 0 heterocycles. The highest BCUT2D eigenvalue weighted by molar-refractivity contribution is 5.32. The lowest BCUT2D eigenvalue weighted by molar-refractivity contribution is 0.827. The molecule has 1 aliphatic carbocycles. The van der Waals surface area contributed by atoms with Crippen molar-refractivity contribution in [2.24, 2.45) is 5.92 Å². The smallest absolute Gasteiger partial charge is 0.119 e. The Kier molecular flexibility index (Phi) is 2.72. The SMILES string of the molecule is C#CC1C=CC(C(C)[N+]#C)=CC1. The maximum Gasteiger partial charge on any atom is 0.294 e. The number of terminal acetylenes is 1. The van der Waals surface area contributed by atoms with E-state index in [-0.39, 0.29) is 12.0 Å². The molecule has 2 atom stereocenters. The van der Waals surface area contributed by atoms with Crippen LogP contribution in [0, 0.1) is 24.8 Å². The lowest BCUT2D eigenvalue weighted by Gasteiger charge is -2.08. The number of allylic oxidation sites excluding steroid dienone is 2. The van der Waals surface area contributed by atoms with Crippen molar-refractivity contribution in [3.63, 3.8) is 0 Å². The number of rotatable bonds is 1. The molecule has 0 aromatic carbocycles. The van der Waals surface area contributed by atoms with Gasteiger partial charge >= 0.3 is 0 Å². The Labute approximate surface area is 73.6 Å². The topological polar surface area (TPSA) is 4.36 Å². The molecule has 0 amide bonds. The normalized spacial score (nSPS) is 23.6. The van der Waals surface area contributed by atoms with Crippen LogP contribution in [0.2, 0.25) is 0 Å². The summed E-state index contributed by atoms with van der Waals surface area (Å²) < 4.78 is 0. The Morgan fingerprint density at radius 3 is 2.92 bits per heavy atom. The Morgan fingerprint density at radius 2 is 2.50 bits per heavy atom. The van der Waals surface area contributed by atoms with Gasteiger partial charge in [0.15, 0.2) is 0 Å². The molecule has 0 saturated carbocycles. The summed E-state index contributed by atoms with van der Waals surface area (Å²) >= 11 is 0. The van der Waals surface area contributed by atoms with E-state index < -0.39 is 0 Å². The summed E-state index contributed by atoms with van der Waals surface area (Å²) in [6, 6.07) is 0.0833. The molecular formula is C11H12N+. The van der Waals surface area contributed by atoms with Gasteiger partial charge in [-0.25, -0.2) is 0 Å². The van der Waals surface area contributed by atoms with E-state index in [1.807, 2.05) is 19.1 Å². The van der Waals surface area contributed by atoms with Crippen LogP contribution in [0.4, 0.5) is 0 Å². The minimum atomic E-state index is 0.0833. The van der Waals surface area contributed by atoms with E-state index in [9.17, 15) is 0 Å². The predicted molar refractivity (Wildman–Crippen MR) is 51.9 cm³/mol. The van der Waals surface area contributed by atoms with Crippen LogP contribution in [0.15, 0.2) is 23.8 Å². The molecule has 1 aliphatic rings. The molecule has 0 saturated heterocycles. The zero-order valence-corrected chi connectivity index (χ0v) is 7.20. The van der Waals surface area contributed by atoms with Gasteiger partial charge in [-0.1, -0.05) is 29.0 Å². The van der Waals surface area contributed by atoms with E-state index in [4.69, 9.17) is 13.0 Å². The quantitative estimate of drug-likeness (QED) is 0.516. The van der Waals surface area contributed by atoms with Crippen molar-refractivity contribution >= 4 is 0 Å². The lowest BCUT2D eigenvalue weighted by Crippen LogP contribution is -2.04. The van der Waals surface area contributed by atoms with Gasteiger partial charge in [-0.2, -0.15) is 0 Å². The van der Waals surface area contributed by atoms with Gasteiger partial charge in [0.2, 0.25) is 0 Å². The highest BCUT2D eigenvalue weighted by atomic mass is 14.7. The predicted octanol–water partition coefficient (Wildman–Crippen LogP) is 2.47. The van der Waals surface area contributed by atoms with E-state index in [0.29, 0.717) is 0 Å². The third-order valence-corrected chi connectivity index (χ3v) is 2.05. The highest BCUT2D eigenvalue weighted by Gasteiger charge is 2.16. The summed E-state index contributed by atoms with van der Waals surface area (Å²) in [5, 5.41) is 0. The van der Waals surface area contributed by atoms with Crippen LogP contribution < -0.4 is 0 Å². The van der Waals surface area contributed by atoms with Gasteiger partial charge in [-0.15, -0.1) is 6.42 Å². The van der Waals surface area contributed by atoms with Gasteiger partial charge in [0.05, 0.1) is 0 Å². The molecule has 0 radical (unpaired) electrons. The highest BCUT2D eigenvalue weighted by Crippen LogP contribution is 2.19. The second kappa shape index (κ2) is 3.79. The van der Waals surface area contributed by atoms with Crippen LogP contribution in [-0.4, -0.2) is 6.04 Å². The average molecular weight is 158 g/mol. The molecule has 0 fully saturated rings. The molecule has 0 aliphatic heterocycles. The van der Waals surface area contributed by atoms with Crippen LogP contribution in [0.5, 0.6) is 0 Å². The molecule has 12 heavy (non-hydrogen) atoms. The molecule has 60 valence electrons. The van der Waals surface area contributed by atoms with Crippen molar-refractivity contribution in [2.75, 3.05) is 0 Å². The number of nitrogens with zero attached hydrogens (tertiary/aromatic N) is 1. The van der Waals surface area contributed by atoms with Crippen LogP contribution >= 0.6 is 0 Å². The van der Waals surface area contributed by atoms with Crippen molar-refractivity contribution in [1.29, 1.82) is 0 Å². The molecule has 0 spiro atoms. The van der Waals surface area contributed by atoms with E-state index in [1.165, 1.54) is 0 Å². The van der Waals surface area contributed by atoms with Crippen molar-refractivity contribution < 1.29 is 0 Å². The summed E-state index contributed by atoms with van der Waals surface area (Å²) in [6.07, 6.45) is 12.3. The van der Waals surface area contributed by atoms with Crippen LogP contribution in [0.1, 0.15) is 13.3 Å². The molecule has 1 nitrogen and oxygen atoms in total. The Balaban J connectivity index is 2.67. The van der Waals surface area contributed by atoms with Crippen molar-refractivity contribution in [1.82, 2.24) is 0 Å². The summed E-state index contributed by atoms with van der Waals surface area (Å²) in [6.45, 7) is 7.14. The van der Waals surface area contributed by atoms with Gasteiger partial charge in [-0.3, -0.25) is 0 Å². The van der Waals surface area contributed by atoms with E-state index >= 15 is 0 Å². The Morgan fingerprint density at radius 1 is 1.75 bits per heavy atom. The van der Waals surface area contributed by atoms with Gasteiger partial charge in [0, 0.05) is 18.4 Å². The Hall–Kier alpha value is -1.47. The molecule has 0 bridgehead atoms. The standard InChI is InChI=1S/C11H12N/c1-4-10-5-7-11(8-6-10)9(2)12-3/h1,3,5,7-10H,6H2,2H3/q+1. The third-order valence-electron chi connectivity index (χ3n) is 2.05. The molecule has 1 rings (SSSR count). The zero-order chi connectivity index (χ0) is 8.97. The number of hydrogen-bond donors (Lipinski definition) is 0. The molecule has 0 aromatic heterocycles. The zero-order valence-electron chi connectivity index (χ0n) is 7.20. The molecular weight excluding hydrogens is 146 g/mol. The minimum absolute atomic E-state index is 0.0833. The first kappa shape index (κ1) is 8.62. The fourth-order valence-electron chi connectivity index (χ4n) is 1.16. The molecule has 1 heteroatoms. The first-order valence-corrected chi connectivity index (χ1v) is 4.02. The first-order chi connectivity index (χ1) is 5.77. The summed E-state index contributed by atoms with van der Waals surface area (Å²) in [7, 11) is 0. The second-order valence-corrected chi connectivity index (χ2v) is 2.90. The molecule has 0 N–H and O–H groups in total. The third kappa shape index (κ3) is 1.77. The summed E-state index contributed by atoms with van der Waals surface area (Å²) in [4.78, 5) is 3.69. The van der Waals surface area contributed by atoms with Gasteiger partial charge < -0.3 is 0 Å². The van der Waals surface area contributed by atoms with Gasteiger partial charge in [0.25, 0.3) is 12.6 Å². The minimum Gasteiger partial charge on any atom is -0.119 e. The fourth-order valence-corrected chi connectivity index (χ4v) is 1.16. The second-order valence-electron chi connectivity index (χ2n) is 2.90. The van der Waals surface area contributed by atoms with Crippen molar-refractivity contribution in [3.05, 3.63) is 28.6 Å². The van der Waals surface area contributed by atoms with E-state index in [1.54, 1.807) is 0 Å². The largest absolute Gasteiger partial charge is 0.294 e. The molecule has 2 unspecified atom stereocenters. The van der Waals surface area contributed by atoms with Crippen molar-refractivity contribution in [2.45, 2.75) is 19.4 Å². The van der Waals surface area contributed by atoms with Gasteiger partial charge in [-0.05, 0) is 6.42 Å². The van der Waals surface area contributed by atoms with Crippen LogP contribution in [0.25, 0.3) is 4.85 Å². The van der Waals surface area contributed by atoms with E-state index in [2.05, 4.69) is 16.8 Å². The maximum atomic E-state index is 5.28. The van der Waals surface area contributed by atoms with E-state index in [0.717, 1.165) is 12.0 Å². The molecule has 0 aromatic rings.